The number of carbonyl (C=O) groups excluding carboxylic acids is 1. The van der Waals surface area contributed by atoms with Crippen LogP contribution in [0.4, 0.5) is 4.79 Å². The van der Waals surface area contributed by atoms with E-state index in [9.17, 15) is 14.7 Å². The van der Waals surface area contributed by atoms with Crippen LogP contribution in [0.15, 0.2) is 29.2 Å². The van der Waals surface area contributed by atoms with Crippen molar-refractivity contribution >= 4 is 36.4 Å². The number of nitrogens with zero attached hydrogens (tertiary/aromatic N) is 1. The van der Waals surface area contributed by atoms with Gasteiger partial charge in [0.2, 0.25) is 0 Å². The number of aryl methyl sites for hydroxylation is 1. The summed E-state index contributed by atoms with van der Waals surface area (Å²) in [6.07, 6.45) is 4.83. The summed E-state index contributed by atoms with van der Waals surface area (Å²) in [6.45, 7) is 4.09. The first kappa shape index (κ1) is 21.3. The van der Waals surface area contributed by atoms with E-state index in [4.69, 9.17) is 0 Å². The largest absolute Gasteiger partial charge is 0.521 e. The second-order valence-corrected chi connectivity index (χ2v) is 8.69. The molecule has 6 heteroatoms. The first-order valence-electron chi connectivity index (χ1n) is 9.24. The Kier molecular flexibility index (Phi) is 7.62. The second kappa shape index (κ2) is 9.29. The molecule has 0 aromatic heterocycles. The number of amides is 2. The Hall–Kier alpha value is -0.980. The molecule has 0 aliphatic carbocycles. The SMILES string of the molecule is CSc1ccc(CCC[C@H]2CC(C)[N@+](C(=O)O)(C(=O)C(C)CS)C2)cc1. The van der Waals surface area contributed by atoms with Gasteiger partial charge in [-0.1, -0.05) is 12.1 Å². The molecule has 1 aliphatic rings. The molecule has 0 bridgehead atoms. The van der Waals surface area contributed by atoms with E-state index in [2.05, 4.69) is 43.2 Å². The molecule has 1 aliphatic heterocycles. The van der Waals surface area contributed by atoms with Gasteiger partial charge in [0.15, 0.2) is 0 Å². The molecule has 0 saturated carbocycles. The maximum absolute atomic E-state index is 12.8. The molecule has 0 spiro atoms. The zero-order valence-corrected chi connectivity index (χ0v) is 17.6. The molecular weight excluding hydrogens is 366 g/mol. The third-order valence-electron chi connectivity index (χ3n) is 5.64. The van der Waals surface area contributed by atoms with E-state index >= 15 is 0 Å². The zero-order chi connectivity index (χ0) is 19.3. The van der Waals surface area contributed by atoms with Gasteiger partial charge in [0.1, 0.15) is 6.04 Å². The summed E-state index contributed by atoms with van der Waals surface area (Å²) in [7, 11) is 0. The highest BCUT2D eigenvalue weighted by atomic mass is 32.2. The van der Waals surface area contributed by atoms with Crippen LogP contribution in [0.5, 0.6) is 0 Å². The lowest BCUT2D eigenvalue weighted by Crippen LogP contribution is -2.60. The van der Waals surface area contributed by atoms with Crippen molar-refractivity contribution in [2.45, 2.75) is 50.5 Å². The molecule has 2 amide bonds. The lowest BCUT2D eigenvalue weighted by Gasteiger charge is -2.31. The van der Waals surface area contributed by atoms with Crippen LogP contribution >= 0.6 is 24.4 Å². The van der Waals surface area contributed by atoms with Crippen LogP contribution in [-0.4, -0.2) is 46.2 Å². The Morgan fingerprint density at radius 3 is 2.54 bits per heavy atom. The maximum Gasteiger partial charge on any atom is 0.521 e. The van der Waals surface area contributed by atoms with Gasteiger partial charge in [0.25, 0.3) is 0 Å². The molecule has 0 radical (unpaired) electrons. The Morgan fingerprint density at radius 1 is 1.35 bits per heavy atom. The fourth-order valence-corrected chi connectivity index (χ4v) is 4.62. The maximum atomic E-state index is 12.8. The van der Waals surface area contributed by atoms with E-state index in [0.717, 1.165) is 25.7 Å². The number of carbonyl (C=O) groups is 2. The van der Waals surface area contributed by atoms with E-state index in [1.54, 1.807) is 18.7 Å². The molecule has 1 fully saturated rings. The summed E-state index contributed by atoms with van der Waals surface area (Å²) in [4.78, 5) is 26.1. The fraction of sp³-hybridized carbons (Fsp3) is 0.600. The van der Waals surface area contributed by atoms with Crippen LogP contribution in [0.25, 0.3) is 0 Å². The lowest BCUT2D eigenvalue weighted by molar-refractivity contribution is -0.795. The summed E-state index contributed by atoms with van der Waals surface area (Å²) in [5.74, 6) is 0.124. The zero-order valence-electron chi connectivity index (χ0n) is 15.9. The van der Waals surface area contributed by atoms with Crippen molar-refractivity contribution in [3.8, 4) is 0 Å². The summed E-state index contributed by atoms with van der Waals surface area (Å²) < 4.78 is -0.422. The van der Waals surface area contributed by atoms with Gasteiger partial charge in [0.05, 0.1) is 12.5 Å². The molecule has 144 valence electrons. The molecule has 4 atom stereocenters. The van der Waals surface area contributed by atoms with Gasteiger partial charge >= 0.3 is 12.0 Å². The summed E-state index contributed by atoms with van der Waals surface area (Å²) >= 11 is 5.93. The number of thiol groups is 1. The van der Waals surface area contributed by atoms with E-state index in [1.807, 2.05) is 6.92 Å². The number of quaternary nitrogens is 1. The Labute approximate surface area is 166 Å². The van der Waals surface area contributed by atoms with Crippen molar-refractivity contribution in [2.24, 2.45) is 11.8 Å². The number of thioether (sulfide) groups is 1. The molecule has 1 aromatic carbocycles. The van der Waals surface area contributed by atoms with Crippen molar-refractivity contribution in [1.29, 1.82) is 0 Å². The van der Waals surface area contributed by atoms with Crippen LogP contribution in [0, 0.1) is 11.8 Å². The molecule has 2 rings (SSSR count). The predicted molar refractivity (Wildman–Crippen MR) is 110 cm³/mol. The summed E-state index contributed by atoms with van der Waals surface area (Å²) in [6, 6.07) is 8.44. The van der Waals surface area contributed by atoms with Crippen molar-refractivity contribution in [3.05, 3.63) is 29.8 Å². The molecule has 1 heterocycles. The van der Waals surface area contributed by atoms with Crippen LogP contribution in [0.1, 0.15) is 38.7 Å². The first-order chi connectivity index (χ1) is 12.3. The number of hydrogen-bond donors (Lipinski definition) is 2. The number of likely N-dealkylation sites (tertiary alicyclic amines) is 1. The normalized spacial score (nSPS) is 26.6. The predicted octanol–water partition coefficient (Wildman–Crippen LogP) is 4.73. The average molecular weight is 397 g/mol. The van der Waals surface area contributed by atoms with Gasteiger partial charge in [0, 0.05) is 23.0 Å². The monoisotopic (exact) mass is 396 g/mol. The van der Waals surface area contributed by atoms with Crippen LogP contribution in [-0.2, 0) is 11.2 Å². The number of rotatable bonds is 7. The molecule has 1 N–H and O–H groups in total. The second-order valence-electron chi connectivity index (χ2n) is 7.45. The van der Waals surface area contributed by atoms with E-state index in [0.29, 0.717) is 12.3 Å². The number of carboxylic acid groups (broad SMARTS) is 1. The highest BCUT2D eigenvalue weighted by Crippen LogP contribution is 2.36. The standard InChI is InChI=1S/C20H29NO3S2/c1-14(13-25)19(22)21(20(23)24)12-17(11-15(21)2)6-4-5-16-7-9-18(26-3)10-8-16/h7-10,14-15,17H,4-6,11-13H2,1-3H3,(H-,23,24,25)/p+1/t14?,15?,17-,21-/m0/s1. The van der Waals surface area contributed by atoms with Gasteiger partial charge in [-0.05, 0) is 57.1 Å². The topological polar surface area (TPSA) is 54.4 Å². The average Bonchev–Trinajstić information content (AvgIpc) is 2.98. The third-order valence-corrected chi connectivity index (χ3v) is 6.93. The van der Waals surface area contributed by atoms with E-state index in [-0.39, 0.29) is 23.8 Å². The first-order valence-corrected chi connectivity index (χ1v) is 11.1. The van der Waals surface area contributed by atoms with Crippen LogP contribution in [0.2, 0.25) is 0 Å². The van der Waals surface area contributed by atoms with Gasteiger partial charge in [-0.25, -0.2) is 4.79 Å². The minimum absolute atomic E-state index is 0.173. The van der Waals surface area contributed by atoms with Crippen LogP contribution < -0.4 is 0 Å². The van der Waals surface area contributed by atoms with E-state index in [1.165, 1.54) is 10.5 Å². The van der Waals surface area contributed by atoms with Crippen molar-refractivity contribution in [3.63, 3.8) is 0 Å². The fourth-order valence-electron chi connectivity index (χ4n) is 4.06. The molecular formula is C20H30NO3S2+. The van der Waals surface area contributed by atoms with Gasteiger partial charge < -0.3 is 5.11 Å². The Bertz CT molecular complexity index is 634. The van der Waals surface area contributed by atoms with Crippen molar-refractivity contribution in [1.82, 2.24) is 0 Å². The van der Waals surface area contributed by atoms with Gasteiger partial charge in [-0.3, -0.25) is 0 Å². The smallest absolute Gasteiger partial charge is 0.435 e. The molecule has 26 heavy (non-hydrogen) atoms. The highest BCUT2D eigenvalue weighted by Gasteiger charge is 2.56. The molecule has 1 aromatic rings. The number of hydrogen-bond acceptors (Lipinski definition) is 4. The Balaban J connectivity index is 1.97. The van der Waals surface area contributed by atoms with Gasteiger partial charge in [-0.2, -0.15) is 21.9 Å². The van der Waals surface area contributed by atoms with E-state index < -0.39 is 10.6 Å². The third kappa shape index (κ3) is 4.46. The van der Waals surface area contributed by atoms with Crippen LogP contribution in [0.3, 0.4) is 0 Å². The highest BCUT2D eigenvalue weighted by molar-refractivity contribution is 7.98. The van der Waals surface area contributed by atoms with Gasteiger partial charge in [-0.15, -0.1) is 11.8 Å². The molecule has 1 saturated heterocycles. The molecule has 4 nitrogen and oxygen atoms in total. The minimum atomic E-state index is -1.01. The number of imide groups is 1. The van der Waals surface area contributed by atoms with Crippen molar-refractivity contribution in [2.75, 3.05) is 18.6 Å². The van der Waals surface area contributed by atoms with Crippen molar-refractivity contribution < 1.29 is 19.2 Å². The Morgan fingerprint density at radius 2 is 2.00 bits per heavy atom. The summed E-state index contributed by atoms with van der Waals surface area (Å²) in [5, 5.41) is 9.84. The molecule has 2 unspecified atom stereocenters. The summed E-state index contributed by atoms with van der Waals surface area (Å²) in [5.41, 5.74) is 1.31. The number of benzene rings is 1. The quantitative estimate of drug-likeness (QED) is 0.397. The lowest BCUT2D eigenvalue weighted by atomic mass is 9.97. The minimum Gasteiger partial charge on any atom is -0.435 e.